The van der Waals surface area contributed by atoms with Gasteiger partial charge < -0.3 is 15.0 Å². The van der Waals surface area contributed by atoms with Gasteiger partial charge in [0.1, 0.15) is 5.75 Å². The predicted octanol–water partition coefficient (Wildman–Crippen LogP) is 4.73. The van der Waals surface area contributed by atoms with E-state index in [-0.39, 0.29) is 23.9 Å². The van der Waals surface area contributed by atoms with E-state index in [0.717, 1.165) is 11.3 Å². The molecule has 6 nitrogen and oxygen atoms in total. The molecule has 0 saturated heterocycles. The molecule has 1 amide bonds. The first-order valence-electron chi connectivity index (χ1n) is 9.23. The van der Waals surface area contributed by atoms with Crippen molar-refractivity contribution in [2.75, 3.05) is 24.3 Å². The topological polar surface area (TPSA) is 59.4 Å². The molecule has 0 aliphatic heterocycles. The number of carbonyl (C=O) groups excluding carboxylic acids is 1. The second kappa shape index (κ2) is 9.30. The van der Waals surface area contributed by atoms with Crippen LogP contribution in [0.3, 0.4) is 0 Å². The molecule has 0 bridgehead atoms. The number of alkyl halides is 3. The van der Waals surface area contributed by atoms with Gasteiger partial charge in [0.2, 0.25) is 5.91 Å². The lowest BCUT2D eigenvalue weighted by molar-refractivity contribution is -0.274. The quantitative estimate of drug-likeness (QED) is 0.563. The van der Waals surface area contributed by atoms with Crippen molar-refractivity contribution in [3.05, 3.63) is 70.9 Å². The molecular weight excluding hydrogens is 433 g/mol. The van der Waals surface area contributed by atoms with E-state index in [1.807, 2.05) is 43.3 Å². The number of ether oxygens (including phenoxy) is 1. The summed E-state index contributed by atoms with van der Waals surface area (Å²) in [6.07, 6.45) is -3.03. The molecule has 0 atom stereocenters. The van der Waals surface area contributed by atoms with Crippen molar-refractivity contribution >= 4 is 29.0 Å². The van der Waals surface area contributed by atoms with Crippen molar-refractivity contribution in [1.29, 1.82) is 0 Å². The molecule has 164 valence electrons. The van der Waals surface area contributed by atoms with Crippen LogP contribution >= 0.6 is 11.6 Å². The van der Waals surface area contributed by atoms with E-state index in [1.165, 1.54) is 16.8 Å². The predicted molar refractivity (Wildman–Crippen MR) is 113 cm³/mol. The molecule has 0 unspecified atom stereocenters. The number of anilines is 2. The van der Waals surface area contributed by atoms with Gasteiger partial charge in [-0.15, -0.1) is 13.2 Å². The first-order chi connectivity index (χ1) is 14.6. The third kappa shape index (κ3) is 6.65. The number of hydrogen-bond acceptors (Lipinski definition) is 4. The van der Waals surface area contributed by atoms with Gasteiger partial charge in [0.05, 0.1) is 18.0 Å². The van der Waals surface area contributed by atoms with Gasteiger partial charge in [0, 0.05) is 32.0 Å². The summed E-state index contributed by atoms with van der Waals surface area (Å²) >= 11 is 5.76. The second-order valence-electron chi connectivity index (χ2n) is 7.00. The highest BCUT2D eigenvalue weighted by Crippen LogP contribution is 2.31. The summed E-state index contributed by atoms with van der Waals surface area (Å²) in [4.78, 5) is 14.2. The lowest BCUT2D eigenvalue weighted by atomic mass is 10.1. The Balaban J connectivity index is 1.60. The van der Waals surface area contributed by atoms with Crippen LogP contribution in [0, 0.1) is 0 Å². The minimum Gasteiger partial charge on any atom is -0.404 e. The van der Waals surface area contributed by atoms with E-state index in [4.69, 9.17) is 11.6 Å². The van der Waals surface area contributed by atoms with E-state index in [2.05, 4.69) is 15.2 Å². The van der Waals surface area contributed by atoms with Crippen molar-refractivity contribution in [3.8, 4) is 5.75 Å². The normalized spacial score (nSPS) is 11.3. The Labute approximate surface area is 182 Å². The fraction of sp³-hybridized carbons (Fsp3) is 0.238. The maximum absolute atomic E-state index is 12.5. The number of amides is 1. The van der Waals surface area contributed by atoms with Crippen LogP contribution in [0.2, 0.25) is 5.02 Å². The number of carbonyl (C=O) groups is 1. The van der Waals surface area contributed by atoms with Gasteiger partial charge in [-0.3, -0.25) is 9.48 Å². The monoisotopic (exact) mass is 452 g/mol. The SMILES string of the molecule is CN(C)c1ccc(CC(=O)Nc2ccn(Cc3ccc(Cl)c(OC(F)(F)F)c3)n2)cc1. The smallest absolute Gasteiger partial charge is 0.404 e. The summed E-state index contributed by atoms with van der Waals surface area (Å²) in [6, 6.07) is 13.3. The molecular formula is C21H20ClF3N4O2. The number of aromatic nitrogens is 2. The highest BCUT2D eigenvalue weighted by atomic mass is 35.5. The van der Waals surface area contributed by atoms with E-state index < -0.39 is 12.1 Å². The Hall–Kier alpha value is -3.20. The number of nitrogens with zero attached hydrogens (tertiary/aromatic N) is 3. The summed E-state index contributed by atoms with van der Waals surface area (Å²) in [6.45, 7) is 0.174. The van der Waals surface area contributed by atoms with Crippen molar-refractivity contribution in [2.45, 2.75) is 19.3 Å². The third-order valence-corrected chi connectivity index (χ3v) is 4.60. The van der Waals surface area contributed by atoms with Crippen LogP contribution in [0.5, 0.6) is 5.75 Å². The zero-order valence-electron chi connectivity index (χ0n) is 16.8. The Bertz CT molecular complexity index is 1050. The van der Waals surface area contributed by atoms with E-state index in [1.54, 1.807) is 18.3 Å². The van der Waals surface area contributed by atoms with Gasteiger partial charge in [-0.1, -0.05) is 29.8 Å². The molecule has 0 radical (unpaired) electrons. The van der Waals surface area contributed by atoms with Crippen molar-refractivity contribution in [2.24, 2.45) is 0 Å². The fourth-order valence-electron chi connectivity index (χ4n) is 2.84. The second-order valence-corrected chi connectivity index (χ2v) is 7.40. The fourth-order valence-corrected chi connectivity index (χ4v) is 2.99. The number of benzene rings is 2. The van der Waals surface area contributed by atoms with Crippen molar-refractivity contribution < 1.29 is 22.7 Å². The van der Waals surface area contributed by atoms with Crippen LogP contribution < -0.4 is 15.0 Å². The summed E-state index contributed by atoms with van der Waals surface area (Å²) < 4.78 is 42.8. The number of hydrogen-bond donors (Lipinski definition) is 1. The summed E-state index contributed by atoms with van der Waals surface area (Å²) in [5, 5.41) is 6.80. The average molecular weight is 453 g/mol. The molecule has 1 heterocycles. The zero-order chi connectivity index (χ0) is 22.6. The van der Waals surface area contributed by atoms with E-state index in [0.29, 0.717) is 11.4 Å². The van der Waals surface area contributed by atoms with Crippen LogP contribution in [0.1, 0.15) is 11.1 Å². The maximum atomic E-state index is 12.5. The molecule has 0 spiro atoms. The summed E-state index contributed by atoms with van der Waals surface area (Å²) in [5.41, 5.74) is 2.40. The minimum atomic E-state index is -4.84. The molecule has 31 heavy (non-hydrogen) atoms. The number of halogens is 4. The Morgan fingerprint density at radius 1 is 1.13 bits per heavy atom. The first kappa shape index (κ1) is 22.5. The lowest BCUT2D eigenvalue weighted by Gasteiger charge is -2.12. The van der Waals surface area contributed by atoms with Gasteiger partial charge in [-0.05, 0) is 35.4 Å². The Morgan fingerprint density at radius 2 is 1.81 bits per heavy atom. The van der Waals surface area contributed by atoms with Crippen molar-refractivity contribution in [3.63, 3.8) is 0 Å². The summed E-state index contributed by atoms with van der Waals surface area (Å²) in [7, 11) is 3.87. The molecule has 10 heteroatoms. The Kier molecular flexibility index (Phi) is 6.74. The molecule has 2 aromatic carbocycles. The molecule has 0 fully saturated rings. The highest BCUT2D eigenvalue weighted by Gasteiger charge is 2.32. The van der Waals surface area contributed by atoms with Crippen LogP contribution in [-0.2, 0) is 17.8 Å². The van der Waals surface area contributed by atoms with Gasteiger partial charge in [0.25, 0.3) is 0 Å². The van der Waals surface area contributed by atoms with Gasteiger partial charge in [-0.2, -0.15) is 5.10 Å². The van der Waals surface area contributed by atoms with Crippen LogP contribution in [0.15, 0.2) is 54.7 Å². The van der Waals surface area contributed by atoms with Crippen molar-refractivity contribution in [1.82, 2.24) is 9.78 Å². The zero-order valence-corrected chi connectivity index (χ0v) is 17.5. The maximum Gasteiger partial charge on any atom is 0.573 e. The van der Waals surface area contributed by atoms with Gasteiger partial charge in [0.15, 0.2) is 5.82 Å². The molecule has 0 saturated carbocycles. The largest absolute Gasteiger partial charge is 0.573 e. The standard InChI is InChI=1S/C21H20ClF3N4O2/c1-28(2)16-6-3-14(4-7-16)12-20(30)26-19-9-10-29(27-19)13-15-5-8-17(22)18(11-15)31-21(23,24)25/h3-11H,12-13H2,1-2H3,(H,26,27,30). The third-order valence-electron chi connectivity index (χ3n) is 4.29. The van der Waals surface area contributed by atoms with Gasteiger partial charge in [-0.25, -0.2) is 0 Å². The first-order valence-corrected chi connectivity index (χ1v) is 9.60. The molecule has 0 aliphatic rings. The minimum absolute atomic E-state index is 0.145. The Morgan fingerprint density at radius 3 is 2.45 bits per heavy atom. The highest BCUT2D eigenvalue weighted by molar-refractivity contribution is 6.32. The van der Waals surface area contributed by atoms with Gasteiger partial charge >= 0.3 is 6.36 Å². The van der Waals surface area contributed by atoms with E-state index >= 15 is 0 Å². The molecule has 1 N–H and O–H groups in total. The molecule has 1 aromatic heterocycles. The summed E-state index contributed by atoms with van der Waals surface area (Å²) in [5.74, 6) is -0.363. The molecule has 3 aromatic rings. The van der Waals surface area contributed by atoms with Crippen LogP contribution in [0.25, 0.3) is 0 Å². The number of rotatable bonds is 7. The average Bonchev–Trinajstić information content (AvgIpc) is 3.10. The lowest BCUT2D eigenvalue weighted by Crippen LogP contribution is -2.17. The van der Waals surface area contributed by atoms with E-state index in [9.17, 15) is 18.0 Å². The molecule has 3 rings (SSSR count). The van der Waals surface area contributed by atoms with Crippen LogP contribution in [-0.4, -0.2) is 36.1 Å². The van der Waals surface area contributed by atoms with Crippen LogP contribution in [0.4, 0.5) is 24.7 Å². The number of nitrogens with one attached hydrogen (secondary N) is 1. The molecule has 0 aliphatic carbocycles.